The summed E-state index contributed by atoms with van der Waals surface area (Å²) < 4.78 is 2.93. The molecule has 3 nitrogen and oxygen atoms in total. The Balaban J connectivity index is 2.77. The van der Waals surface area contributed by atoms with E-state index in [0.717, 1.165) is 28.0 Å². The summed E-state index contributed by atoms with van der Waals surface area (Å²) in [6, 6.07) is 0. The Morgan fingerprint density at radius 3 is 2.65 bits per heavy atom. The molecule has 2 unspecified atom stereocenters. The molecular weight excluding hydrogens is 300 g/mol. The van der Waals surface area contributed by atoms with Gasteiger partial charge in [-0.05, 0) is 40.3 Å². The van der Waals surface area contributed by atoms with Crippen LogP contribution in [0, 0.1) is 5.92 Å². The lowest BCUT2D eigenvalue weighted by Crippen LogP contribution is -2.23. The molecule has 0 aliphatic heterocycles. The molecule has 17 heavy (non-hydrogen) atoms. The minimum atomic E-state index is -0.307. The normalized spacial score (nSPS) is 14.9. The zero-order chi connectivity index (χ0) is 13.0. The highest BCUT2D eigenvalue weighted by molar-refractivity contribution is 9.10. The van der Waals surface area contributed by atoms with Gasteiger partial charge in [-0.15, -0.1) is 0 Å². The smallest absolute Gasteiger partial charge is 0.0766 e. The van der Waals surface area contributed by atoms with Crippen molar-refractivity contribution in [2.24, 2.45) is 13.0 Å². The first-order chi connectivity index (χ1) is 8.01. The van der Waals surface area contributed by atoms with Gasteiger partial charge >= 0.3 is 0 Å². The van der Waals surface area contributed by atoms with Crippen LogP contribution in [0.5, 0.6) is 0 Å². The lowest BCUT2D eigenvalue weighted by Gasteiger charge is -2.18. The van der Waals surface area contributed by atoms with E-state index in [-0.39, 0.29) is 6.10 Å². The summed E-state index contributed by atoms with van der Waals surface area (Å²) in [5.74, 6) is 1.29. The molecule has 98 valence electrons. The van der Waals surface area contributed by atoms with E-state index in [1.165, 1.54) is 0 Å². The van der Waals surface area contributed by atoms with Gasteiger partial charge in [0.1, 0.15) is 0 Å². The van der Waals surface area contributed by atoms with Crippen LogP contribution >= 0.6 is 27.7 Å². The van der Waals surface area contributed by atoms with Gasteiger partial charge in [0.05, 0.1) is 22.0 Å². The Morgan fingerprint density at radius 2 is 2.18 bits per heavy atom. The molecular formula is C12H21BrN2OS. The number of hydrogen-bond acceptors (Lipinski definition) is 3. The van der Waals surface area contributed by atoms with E-state index >= 15 is 0 Å². The topological polar surface area (TPSA) is 38.0 Å². The minimum Gasteiger partial charge on any atom is -0.392 e. The molecule has 0 saturated heterocycles. The summed E-state index contributed by atoms with van der Waals surface area (Å²) in [6.45, 7) is 4.18. The number of thioether (sulfide) groups is 1. The zero-order valence-electron chi connectivity index (χ0n) is 10.9. The van der Waals surface area contributed by atoms with E-state index in [1.807, 2.05) is 11.7 Å². The molecule has 0 aliphatic carbocycles. The molecule has 0 radical (unpaired) electrons. The number of aromatic nitrogens is 2. The van der Waals surface area contributed by atoms with Crippen molar-refractivity contribution in [1.82, 2.24) is 9.78 Å². The molecule has 5 heteroatoms. The van der Waals surface area contributed by atoms with Crippen molar-refractivity contribution < 1.29 is 5.11 Å². The highest BCUT2D eigenvalue weighted by atomic mass is 79.9. The van der Waals surface area contributed by atoms with Gasteiger partial charge in [0.2, 0.25) is 0 Å². The molecule has 0 bridgehead atoms. The van der Waals surface area contributed by atoms with Crippen LogP contribution in [0.4, 0.5) is 0 Å². The van der Waals surface area contributed by atoms with E-state index in [2.05, 4.69) is 41.1 Å². The summed E-state index contributed by atoms with van der Waals surface area (Å²) in [7, 11) is 1.94. The Bertz CT molecular complexity index is 368. The third-order valence-corrected chi connectivity index (χ3v) is 4.77. The van der Waals surface area contributed by atoms with Crippen molar-refractivity contribution in [2.45, 2.75) is 32.8 Å². The number of aliphatic hydroxyl groups is 1. The van der Waals surface area contributed by atoms with Crippen LogP contribution in [0.1, 0.15) is 25.2 Å². The first-order valence-electron chi connectivity index (χ1n) is 5.88. The first-order valence-corrected chi connectivity index (χ1v) is 8.07. The third kappa shape index (κ3) is 3.73. The Morgan fingerprint density at radius 1 is 1.53 bits per heavy atom. The Hall–Kier alpha value is -0.000000000000000111. The van der Waals surface area contributed by atoms with Crippen LogP contribution in [-0.4, -0.2) is 33.0 Å². The molecule has 0 aliphatic rings. The van der Waals surface area contributed by atoms with Crippen molar-refractivity contribution in [2.75, 3.05) is 12.0 Å². The van der Waals surface area contributed by atoms with Crippen LogP contribution < -0.4 is 0 Å². The van der Waals surface area contributed by atoms with E-state index in [0.29, 0.717) is 12.3 Å². The lowest BCUT2D eigenvalue weighted by molar-refractivity contribution is 0.125. The summed E-state index contributed by atoms with van der Waals surface area (Å²) in [5, 5.41) is 14.6. The Labute approximate surface area is 116 Å². The van der Waals surface area contributed by atoms with E-state index in [4.69, 9.17) is 0 Å². The monoisotopic (exact) mass is 320 g/mol. The van der Waals surface area contributed by atoms with Crippen LogP contribution in [-0.2, 0) is 19.9 Å². The van der Waals surface area contributed by atoms with Crippen LogP contribution in [0.25, 0.3) is 0 Å². The second-order valence-electron chi connectivity index (χ2n) is 4.39. The molecule has 0 spiro atoms. The van der Waals surface area contributed by atoms with E-state index in [1.54, 1.807) is 11.8 Å². The van der Waals surface area contributed by atoms with E-state index < -0.39 is 0 Å². The molecule has 1 aromatic rings. The van der Waals surface area contributed by atoms with Gasteiger partial charge in [0.25, 0.3) is 0 Å². The van der Waals surface area contributed by atoms with Gasteiger partial charge in [0.15, 0.2) is 0 Å². The standard InChI is InChI=1S/C12H21BrN2OS/c1-5-9-12(13)10(15(3)14-9)6-11(16)8(2)7-17-4/h8,11,16H,5-7H2,1-4H3. The van der Waals surface area contributed by atoms with Crippen LogP contribution in [0.3, 0.4) is 0 Å². The molecule has 0 aromatic carbocycles. The summed E-state index contributed by atoms with van der Waals surface area (Å²) in [5.41, 5.74) is 2.15. The summed E-state index contributed by atoms with van der Waals surface area (Å²) in [6.07, 6.45) is 3.33. The molecule has 0 saturated carbocycles. The van der Waals surface area contributed by atoms with Crippen LogP contribution in [0.15, 0.2) is 4.47 Å². The second kappa shape index (κ2) is 6.81. The highest BCUT2D eigenvalue weighted by Gasteiger charge is 2.20. The van der Waals surface area contributed by atoms with Gasteiger partial charge in [-0.1, -0.05) is 13.8 Å². The maximum Gasteiger partial charge on any atom is 0.0766 e. The first kappa shape index (κ1) is 15.1. The Kier molecular flexibility index (Phi) is 6.03. The fourth-order valence-corrected chi connectivity index (χ4v) is 3.34. The highest BCUT2D eigenvalue weighted by Crippen LogP contribution is 2.24. The number of aliphatic hydroxyl groups excluding tert-OH is 1. The number of aryl methyl sites for hydroxylation is 2. The van der Waals surface area contributed by atoms with Crippen molar-refractivity contribution in [1.29, 1.82) is 0 Å². The van der Waals surface area contributed by atoms with Gasteiger partial charge in [-0.2, -0.15) is 16.9 Å². The predicted molar refractivity (Wildman–Crippen MR) is 77.5 cm³/mol. The number of hydrogen-bond donors (Lipinski definition) is 1. The number of halogens is 1. The molecule has 1 aromatic heterocycles. The van der Waals surface area contributed by atoms with Gasteiger partial charge < -0.3 is 5.11 Å². The molecule has 1 heterocycles. The average molecular weight is 321 g/mol. The molecule has 0 amide bonds. The number of nitrogens with zero attached hydrogens (tertiary/aromatic N) is 2. The SMILES string of the molecule is CCc1nn(C)c(CC(O)C(C)CSC)c1Br. The fourth-order valence-electron chi connectivity index (χ4n) is 1.81. The molecule has 0 fully saturated rings. The molecule has 2 atom stereocenters. The summed E-state index contributed by atoms with van der Waals surface area (Å²) in [4.78, 5) is 0. The fraction of sp³-hybridized carbons (Fsp3) is 0.750. The van der Waals surface area contributed by atoms with Crippen molar-refractivity contribution in [3.05, 3.63) is 15.9 Å². The van der Waals surface area contributed by atoms with E-state index in [9.17, 15) is 5.11 Å². The van der Waals surface area contributed by atoms with Crippen LogP contribution in [0.2, 0.25) is 0 Å². The number of rotatable bonds is 6. The van der Waals surface area contributed by atoms with Gasteiger partial charge in [0, 0.05) is 13.5 Å². The third-order valence-electron chi connectivity index (χ3n) is 2.99. The summed E-state index contributed by atoms with van der Waals surface area (Å²) >= 11 is 5.35. The zero-order valence-corrected chi connectivity index (χ0v) is 13.3. The average Bonchev–Trinajstić information content (AvgIpc) is 2.56. The van der Waals surface area contributed by atoms with Gasteiger partial charge in [-0.3, -0.25) is 4.68 Å². The van der Waals surface area contributed by atoms with Crippen molar-refractivity contribution in [3.8, 4) is 0 Å². The maximum atomic E-state index is 10.2. The molecule has 1 N–H and O–H groups in total. The maximum absolute atomic E-state index is 10.2. The quantitative estimate of drug-likeness (QED) is 0.875. The predicted octanol–water partition coefficient (Wildman–Crippen LogP) is 2.65. The van der Waals surface area contributed by atoms with Crippen molar-refractivity contribution >= 4 is 27.7 Å². The van der Waals surface area contributed by atoms with Crippen molar-refractivity contribution in [3.63, 3.8) is 0 Å². The lowest BCUT2D eigenvalue weighted by atomic mass is 10.0. The second-order valence-corrected chi connectivity index (χ2v) is 6.09. The molecule has 1 rings (SSSR count). The minimum absolute atomic E-state index is 0.303. The largest absolute Gasteiger partial charge is 0.392 e. The van der Waals surface area contributed by atoms with Gasteiger partial charge in [-0.25, -0.2) is 0 Å².